The van der Waals surface area contributed by atoms with Crippen LogP contribution >= 0.6 is 23.2 Å². The molecule has 2 heterocycles. The maximum absolute atomic E-state index is 15.4. The molecule has 0 atom stereocenters. The SMILES string of the molecule is CNCCNc1cc(F)c(N2C(=O)N(C(C)C)c3ncc(Cl)cc3-c3ccc(Cl)cc32)c(F)c1. The predicted molar refractivity (Wildman–Crippen MR) is 134 cm³/mol. The Kier molecular flexibility index (Phi) is 6.93. The first-order chi connectivity index (χ1) is 16.2. The average molecular weight is 506 g/mol. The highest BCUT2D eigenvalue weighted by atomic mass is 35.5. The summed E-state index contributed by atoms with van der Waals surface area (Å²) in [6, 6.07) is 7.78. The van der Waals surface area contributed by atoms with Crippen LogP contribution in [0.2, 0.25) is 10.0 Å². The lowest BCUT2D eigenvalue weighted by Gasteiger charge is -2.31. The van der Waals surface area contributed by atoms with Gasteiger partial charge in [0, 0.05) is 47.2 Å². The summed E-state index contributed by atoms with van der Waals surface area (Å²) in [7, 11) is 1.78. The lowest BCUT2D eigenvalue weighted by Crippen LogP contribution is -2.45. The van der Waals surface area contributed by atoms with Crippen LogP contribution in [0.15, 0.2) is 42.6 Å². The van der Waals surface area contributed by atoms with E-state index in [1.165, 1.54) is 29.3 Å². The Labute approximate surface area is 206 Å². The number of hydrogen-bond acceptors (Lipinski definition) is 4. The molecule has 0 spiro atoms. The molecule has 3 aromatic rings. The number of rotatable bonds is 6. The smallest absolute Gasteiger partial charge is 0.335 e. The topological polar surface area (TPSA) is 60.5 Å². The predicted octanol–water partition coefficient (Wildman–Crippen LogP) is 6.45. The molecule has 1 aliphatic rings. The molecule has 0 saturated carbocycles. The molecule has 2 amide bonds. The number of pyridine rings is 1. The third kappa shape index (κ3) is 4.41. The van der Waals surface area contributed by atoms with E-state index < -0.39 is 23.4 Å². The summed E-state index contributed by atoms with van der Waals surface area (Å²) in [5, 5.41) is 6.57. The molecule has 1 aromatic heterocycles. The van der Waals surface area contributed by atoms with Crippen molar-refractivity contribution >= 4 is 52.1 Å². The van der Waals surface area contributed by atoms with Crippen molar-refractivity contribution < 1.29 is 13.6 Å². The Morgan fingerprint density at radius 1 is 1.00 bits per heavy atom. The van der Waals surface area contributed by atoms with Gasteiger partial charge in [-0.3, -0.25) is 9.80 Å². The summed E-state index contributed by atoms with van der Waals surface area (Å²) in [6.07, 6.45) is 1.43. The number of hydrogen-bond donors (Lipinski definition) is 2. The molecule has 4 rings (SSSR count). The zero-order chi connectivity index (χ0) is 24.6. The number of carbonyl (C=O) groups excluding carboxylic acids is 1. The van der Waals surface area contributed by atoms with E-state index in [0.717, 1.165) is 4.90 Å². The minimum Gasteiger partial charge on any atom is -0.384 e. The molecule has 0 radical (unpaired) electrons. The van der Waals surface area contributed by atoms with Gasteiger partial charge in [0.2, 0.25) is 0 Å². The van der Waals surface area contributed by atoms with E-state index in [1.807, 2.05) is 0 Å². The fraction of sp³-hybridized carbons (Fsp3) is 0.250. The Hall–Kier alpha value is -2.94. The Morgan fingerprint density at radius 3 is 2.35 bits per heavy atom. The molecule has 0 saturated heterocycles. The number of amides is 2. The van der Waals surface area contributed by atoms with Gasteiger partial charge < -0.3 is 10.6 Å². The van der Waals surface area contributed by atoms with Gasteiger partial charge in [-0.15, -0.1) is 0 Å². The molecule has 0 bridgehead atoms. The van der Waals surface area contributed by atoms with Gasteiger partial charge in [-0.05, 0) is 51.2 Å². The van der Waals surface area contributed by atoms with Crippen LogP contribution in [0.25, 0.3) is 11.1 Å². The molecule has 178 valence electrons. The van der Waals surface area contributed by atoms with Crippen molar-refractivity contribution in [1.29, 1.82) is 0 Å². The molecule has 34 heavy (non-hydrogen) atoms. The maximum atomic E-state index is 15.4. The Morgan fingerprint density at radius 2 is 1.71 bits per heavy atom. The van der Waals surface area contributed by atoms with E-state index in [1.54, 1.807) is 39.1 Å². The van der Waals surface area contributed by atoms with Gasteiger partial charge in [0.15, 0.2) is 11.6 Å². The monoisotopic (exact) mass is 505 g/mol. The van der Waals surface area contributed by atoms with Gasteiger partial charge >= 0.3 is 6.03 Å². The van der Waals surface area contributed by atoms with Crippen LogP contribution in [0, 0.1) is 11.6 Å². The summed E-state index contributed by atoms with van der Waals surface area (Å²) in [4.78, 5) is 20.7. The molecule has 6 nitrogen and oxygen atoms in total. The number of benzene rings is 2. The normalized spacial score (nSPS) is 13.1. The molecule has 0 unspecified atom stereocenters. The molecule has 0 fully saturated rings. The van der Waals surface area contributed by atoms with Crippen molar-refractivity contribution in [1.82, 2.24) is 10.3 Å². The van der Waals surface area contributed by atoms with Crippen LogP contribution in [0.3, 0.4) is 0 Å². The van der Waals surface area contributed by atoms with E-state index in [4.69, 9.17) is 23.2 Å². The fourth-order valence-electron chi connectivity index (χ4n) is 3.94. The van der Waals surface area contributed by atoms with Gasteiger partial charge in [0.25, 0.3) is 0 Å². The van der Waals surface area contributed by atoms with E-state index in [2.05, 4.69) is 15.6 Å². The van der Waals surface area contributed by atoms with E-state index >= 15 is 8.78 Å². The van der Waals surface area contributed by atoms with Crippen molar-refractivity contribution in [3.05, 3.63) is 64.3 Å². The number of nitrogens with one attached hydrogen (secondary N) is 2. The van der Waals surface area contributed by atoms with Crippen molar-refractivity contribution in [3.8, 4) is 11.1 Å². The average Bonchev–Trinajstić information content (AvgIpc) is 2.86. The lowest BCUT2D eigenvalue weighted by atomic mass is 10.0. The summed E-state index contributed by atoms with van der Waals surface area (Å²) in [5.41, 5.74) is 1.05. The van der Waals surface area contributed by atoms with Crippen LogP contribution in [0.4, 0.5) is 36.5 Å². The molecule has 2 N–H and O–H groups in total. The lowest BCUT2D eigenvalue weighted by molar-refractivity contribution is 0.251. The molecular weight excluding hydrogens is 483 g/mol. The van der Waals surface area contributed by atoms with Crippen LogP contribution in [-0.4, -0.2) is 37.2 Å². The Balaban J connectivity index is 1.96. The molecular formula is C24H23Cl2F2N5O. The highest BCUT2D eigenvalue weighted by molar-refractivity contribution is 6.32. The fourth-order valence-corrected chi connectivity index (χ4v) is 4.26. The number of carbonyl (C=O) groups is 1. The maximum Gasteiger partial charge on any atom is 0.335 e. The number of fused-ring (bicyclic) bond motifs is 3. The second kappa shape index (κ2) is 9.74. The van der Waals surface area contributed by atoms with E-state index in [0.29, 0.717) is 40.1 Å². The summed E-state index contributed by atoms with van der Waals surface area (Å²) >= 11 is 12.5. The number of halogens is 4. The van der Waals surface area contributed by atoms with E-state index in [9.17, 15) is 4.79 Å². The third-order valence-electron chi connectivity index (χ3n) is 5.41. The number of nitrogens with zero attached hydrogens (tertiary/aromatic N) is 3. The number of anilines is 4. The molecule has 2 aromatic carbocycles. The van der Waals surface area contributed by atoms with Crippen LogP contribution < -0.4 is 20.4 Å². The van der Waals surface area contributed by atoms with Gasteiger partial charge in [-0.1, -0.05) is 29.3 Å². The minimum atomic E-state index is -0.896. The number of likely N-dealkylation sites (N-methyl/N-ethyl adjacent to an activating group) is 1. The first kappa shape index (κ1) is 24.2. The largest absolute Gasteiger partial charge is 0.384 e. The molecule has 0 aliphatic carbocycles. The van der Waals surface area contributed by atoms with Crippen LogP contribution in [0.5, 0.6) is 0 Å². The van der Waals surface area contributed by atoms with E-state index in [-0.39, 0.29) is 17.4 Å². The number of urea groups is 1. The highest BCUT2D eigenvalue weighted by Crippen LogP contribution is 2.46. The van der Waals surface area contributed by atoms with Gasteiger partial charge in [-0.2, -0.15) is 0 Å². The van der Waals surface area contributed by atoms with Crippen molar-refractivity contribution in [2.45, 2.75) is 19.9 Å². The van der Waals surface area contributed by atoms with Gasteiger partial charge in [-0.25, -0.2) is 18.6 Å². The summed E-state index contributed by atoms with van der Waals surface area (Å²) < 4.78 is 30.9. The van der Waals surface area contributed by atoms with Gasteiger partial charge in [0.05, 0.1) is 10.7 Å². The number of aromatic nitrogens is 1. The van der Waals surface area contributed by atoms with Crippen molar-refractivity contribution in [3.63, 3.8) is 0 Å². The van der Waals surface area contributed by atoms with Gasteiger partial charge in [0.1, 0.15) is 11.5 Å². The zero-order valence-electron chi connectivity index (χ0n) is 18.8. The third-order valence-corrected chi connectivity index (χ3v) is 5.85. The first-order valence-electron chi connectivity index (χ1n) is 10.7. The highest BCUT2D eigenvalue weighted by Gasteiger charge is 2.38. The van der Waals surface area contributed by atoms with Crippen molar-refractivity contribution in [2.75, 3.05) is 35.3 Å². The zero-order valence-corrected chi connectivity index (χ0v) is 20.3. The molecule has 10 heteroatoms. The Bertz CT molecular complexity index is 1230. The van der Waals surface area contributed by atoms with Crippen molar-refractivity contribution in [2.24, 2.45) is 0 Å². The van der Waals surface area contributed by atoms with Crippen LogP contribution in [-0.2, 0) is 0 Å². The second-order valence-electron chi connectivity index (χ2n) is 8.09. The standard InChI is InChI=1S/C24H23Cl2F2N5O/c1-13(2)32-23-18(8-15(26)12-31-23)17-5-4-14(25)9-21(17)33(24(32)34)22-19(27)10-16(11-20(22)28)30-7-6-29-3/h4-5,8-13,29-30H,6-7H2,1-3H3. The minimum absolute atomic E-state index is 0.222. The summed E-state index contributed by atoms with van der Waals surface area (Å²) in [6.45, 7) is 4.67. The first-order valence-corrected chi connectivity index (χ1v) is 11.4. The molecule has 1 aliphatic heterocycles. The van der Waals surface area contributed by atoms with Crippen LogP contribution in [0.1, 0.15) is 13.8 Å². The quantitative estimate of drug-likeness (QED) is 0.377. The second-order valence-corrected chi connectivity index (χ2v) is 8.96. The summed E-state index contributed by atoms with van der Waals surface area (Å²) in [5.74, 6) is -1.46.